The molecular weight excluding hydrogens is 280 g/mol. The molecule has 0 radical (unpaired) electrons. The molecule has 0 heterocycles. The first kappa shape index (κ1) is 14.4. The summed E-state index contributed by atoms with van der Waals surface area (Å²) in [4.78, 5) is 0. The molecule has 0 N–H and O–H groups in total. The fourth-order valence-electron chi connectivity index (χ4n) is 1.68. The summed E-state index contributed by atoms with van der Waals surface area (Å²) >= 11 is 3.45. The lowest BCUT2D eigenvalue weighted by Gasteiger charge is -2.17. The molecule has 0 fully saturated rings. The second-order valence-corrected chi connectivity index (χ2v) is 4.63. The van der Waals surface area contributed by atoms with Crippen molar-refractivity contribution < 1.29 is 9.47 Å². The Bertz CT molecular complexity index is 339. The Labute approximate surface area is 112 Å². The van der Waals surface area contributed by atoms with Crippen LogP contribution in [0.15, 0.2) is 18.2 Å². The van der Waals surface area contributed by atoms with Gasteiger partial charge in [-0.2, -0.15) is 0 Å². The lowest BCUT2D eigenvalue weighted by atomic mass is 10.2. The Morgan fingerprint density at radius 2 is 2.00 bits per heavy atom. The molecule has 3 heteroatoms. The number of hydrogen-bond acceptors (Lipinski definition) is 2. The summed E-state index contributed by atoms with van der Waals surface area (Å²) < 4.78 is 11.5. The van der Waals surface area contributed by atoms with Gasteiger partial charge in [-0.15, -0.1) is 0 Å². The quantitative estimate of drug-likeness (QED) is 0.688. The topological polar surface area (TPSA) is 18.5 Å². The summed E-state index contributed by atoms with van der Waals surface area (Å²) in [5, 5.41) is 0.831. The van der Waals surface area contributed by atoms with Crippen LogP contribution in [0, 0.1) is 0 Å². The lowest BCUT2D eigenvalue weighted by molar-refractivity contribution is 0.197. The van der Waals surface area contributed by atoms with Gasteiger partial charge >= 0.3 is 0 Å². The number of rotatable bonds is 7. The summed E-state index contributed by atoms with van der Waals surface area (Å²) in [7, 11) is 0. The van der Waals surface area contributed by atoms with Crippen molar-refractivity contribution in [2.45, 2.75) is 45.0 Å². The average molecular weight is 301 g/mol. The molecule has 1 rings (SSSR count). The average Bonchev–Trinajstić information content (AvgIpc) is 2.32. The third-order valence-corrected chi connectivity index (χ3v) is 3.13. The maximum atomic E-state index is 5.90. The van der Waals surface area contributed by atoms with Crippen molar-refractivity contribution in [3.8, 4) is 11.5 Å². The third kappa shape index (κ3) is 4.58. The van der Waals surface area contributed by atoms with Gasteiger partial charge in [0, 0.05) is 5.33 Å². The standard InChI is InChI=1S/C14H21BrO2/c1-4-6-11(3)17-13-8-7-12(10-15)9-14(13)16-5-2/h7-9,11H,4-6,10H2,1-3H3. The van der Waals surface area contributed by atoms with E-state index in [0.29, 0.717) is 6.61 Å². The number of alkyl halides is 1. The summed E-state index contributed by atoms with van der Waals surface area (Å²) in [6.07, 6.45) is 2.42. The van der Waals surface area contributed by atoms with Crippen LogP contribution < -0.4 is 9.47 Å². The first-order valence-electron chi connectivity index (χ1n) is 6.19. The van der Waals surface area contributed by atoms with E-state index in [1.807, 2.05) is 19.1 Å². The van der Waals surface area contributed by atoms with E-state index in [2.05, 4.69) is 35.8 Å². The second kappa shape index (κ2) is 7.59. The highest BCUT2D eigenvalue weighted by Gasteiger charge is 2.09. The van der Waals surface area contributed by atoms with Crippen molar-refractivity contribution in [2.75, 3.05) is 6.61 Å². The van der Waals surface area contributed by atoms with E-state index in [0.717, 1.165) is 29.7 Å². The van der Waals surface area contributed by atoms with Crippen molar-refractivity contribution in [1.29, 1.82) is 0 Å². The van der Waals surface area contributed by atoms with E-state index in [1.165, 1.54) is 5.56 Å². The normalized spacial score (nSPS) is 12.2. The van der Waals surface area contributed by atoms with Crippen LogP contribution in [0.4, 0.5) is 0 Å². The van der Waals surface area contributed by atoms with E-state index in [1.54, 1.807) is 0 Å². The zero-order chi connectivity index (χ0) is 12.7. The summed E-state index contributed by atoms with van der Waals surface area (Å²) in [5.74, 6) is 1.69. The maximum Gasteiger partial charge on any atom is 0.161 e. The zero-order valence-corrected chi connectivity index (χ0v) is 12.4. The van der Waals surface area contributed by atoms with Crippen molar-refractivity contribution in [2.24, 2.45) is 0 Å². The molecule has 1 aromatic carbocycles. The molecule has 17 heavy (non-hydrogen) atoms. The fourth-order valence-corrected chi connectivity index (χ4v) is 2.03. The molecule has 0 bridgehead atoms. The van der Waals surface area contributed by atoms with Gasteiger partial charge in [0.15, 0.2) is 11.5 Å². The van der Waals surface area contributed by atoms with Crippen LogP contribution in [0.1, 0.15) is 39.2 Å². The number of ether oxygens (including phenoxy) is 2. The van der Waals surface area contributed by atoms with Gasteiger partial charge in [-0.25, -0.2) is 0 Å². The maximum absolute atomic E-state index is 5.90. The van der Waals surface area contributed by atoms with Crippen LogP contribution in [-0.2, 0) is 5.33 Å². The number of benzene rings is 1. The molecule has 0 saturated carbocycles. The van der Waals surface area contributed by atoms with Crippen molar-refractivity contribution in [3.63, 3.8) is 0 Å². The molecule has 0 aliphatic rings. The molecule has 1 atom stereocenters. The van der Waals surface area contributed by atoms with E-state index in [9.17, 15) is 0 Å². The predicted molar refractivity (Wildman–Crippen MR) is 75.2 cm³/mol. The molecule has 0 spiro atoms. The van der Waals surface area contributed by atoms with Gasteiger partial charge in [0.1, 0.15) is 0 Å². The first-order chi connectivity index (χ1) is 8.21. The van der Waals surface area contributed by atoms with Crippen LogP contribution >= 0.6 is 15.9 Å². The van der Waals surface area contributed by atoms with Crippen LogP contribution in [0.25, 0.3) is 0 Å². The SMILES string of the molecule is CCCC(C)Oc1ccc(CBr)cc1OCC. The molecule has 0 aliphatic carbocycles. The van der Waals surface area contributed by atoms with Gasteiger partial charge in [0.25, 0.3) is 0 Å². The molecule has 96 valence electrons. The third-order valence-electron chi connectivity index (χ3n) is 2.49. The molecule has 0 saturated heterocycles. The minimum absolute atomic E-state index is 0.231. The fraction of sp³-hybridized carbons (Fsp3) is 0.571. The van der Waals surface area contributed by atoms with Gasteiger partial charge in [0.05, 0.1) is 12.7 Å². The van der Waals surface area contributed by atoms with E-state index >= 15 is 0 Å². The van der Waals surface area contributed by atoms with Gasteiger partial charge in [-0.3, -0.25) is 0 Å². The predicted octanol–water partition coefficient (Wildman–Crippen LogP) is 4.55. The summed E-state index contributed by atoms with van der Waals surface area (Å²) in [5.41, 5.74) is 1.20. The molecule has 1 unspecified atom stereocenters. The van der Waals surface area contributed by atoms with Gasteiger partial charge in [-0.1, -0.05) is 35.3 Å². The van der Waals surface area contributed by atoms with Crippen LogP contribution in [-0.4, -0.2) is 12.7 Å². The Morgan fingerprint density at radius 1 is 1.24 bits per heavy atom. The number of halogens is 1. The van der Waals surface area contributed by atoms with Crippen molar-refractivity contribution >= 4 is 15.9 Å². The molecule has 1 aromatic rings. The highest BCUT2D eigenvalue weighted by molar-refractivity contribution is 9.08. The lowest BCUT2D eigenvalue weighted by Crippen LogP contribution is -2.12. The molecule has 0 aliphatic heterocycles. The zero-order valence-electron chi connectivity index (χ0n) is 10.8. The minimum atomic E-state index is 0.231. The van der Waals surface area contributed by atoms with E-state index in [4.69, 9.17) is 9.47 Å². The Hall–Kier alpha value is -0.700. The summed E-state index contributed by atoms with van der Waals surface area (Å²) in [6, 6.07) is 6.09. The Balaban J connectivity index is 2.81. The first-order valence-corrected chi connectivity index (χ1v) is 7.31. The largest absolute Gasteiger partial charge is 0.490 e. The van der Waals surface area contributed by atoms with Crippen LogP contribution in [0.2, 0.25) is 0 Å². The monoisotopic (exact) mass is 300 g/mol. The van der Waals surface area contributed by atoms with Crippen molar-refractivity contribution in [3.05, 3.63) is 23.8 Å². The number of hydrogen-bond donors (Lipinski definition) is 0. The van der Waals surface area contributed by atoms with Gasteiger partial charge < -0.3 is 9.47 Å². The Kier molecular flexibility index (Phi) is 6.41. The second-order valence-electron chi connectivity index (χ2n) is 4.06. The minimum Gasteiger partial charge on any atom is -0.490 e. The summed E-state index contributed by atoms with van der Waals surface area (Å²) in [6.45, 7) is 6.90. The van der Waals surface area contributed by atoms with E-state index in [-0.39, 0.29) is 6.10 Å². The van der Waals surface area contributed by atoms with Crippen molar-refractivity contribution in [1.82, 2.24) is 0 Å². The van der Waals surface area contributed by atoms with Crippen LogP contribution in [0.5, 0.6) is 11.5 Å². The molecule has 0 amide bonds. The molecular formula is C14H21BrO2. The molecule has 0 aromatic heterocycles. The highest BCUT2D eigenvalue weighted by Crippen LogP contribution is 2.30. The highest BCUT2D eigenvalue weighted by atomic mass is 79.9. The van der Waals surface area contributed by atoms with Gasteiger partial charge in [0.2, 0.25) is 0 Å². The van der Waals surface area contributed by atoms with Gasteiger partial charge in [-0.05, 0) is 38.0 Å². The molecule has 2 nitrogen and oxygen atoms in total. The van der Waals surface area contributed by atoms with E-state index < -0.39 is 0 Å². The van der Waals surface area contributed by atoms with Crippen LogP contribution in [0.3, 0.4) is 0 Å². The Morgan fingerprint density at radius 3 is 2.59 bits per heavy atom. The smallest absolute Gasteiger partial charge is 0.161 e.